The first-order valence-corrected chi connectivity index (χ1v) is 8.87. The first kappa shape index (κ1) is 19.4. The molecular weight excluding hydrogens is 304 g/mol. The normalized spacial score (nSPS) is 45.9. The second kappa shape index (κ2) is 6.40. The van der Waals surface area contributed by atoms with Gasteiger partial charge in [0.25, 0.3) is 0 Å². The molecule has 2 fully saturated rings. The number of aliphatic hydroxyl groups is 3. The number of aldehydes is 1. The molecule has 0 amide bonds. The van der Waals surface area contributed by atoms with Gasteiger partial charge in [0, 0.05) is 5.92 Å². The molecule has 2 rings (SSSR count). The highest BCUT2D eigenvalue weighted by Gasteiger charge is 2.64. The molecule has 6 unspecified atom stereocenters. The van der Waals surface area contributed by atoms with E-state index in [1.807, 2.05) is 19.1 Å². The Kier molecular flexibility index (Phi) is 5.16. The summed E-state index contributed by atoms with van der Waals surface area (Å²) in [6, 6.07) is 0. The van der Waals surface area contributed by atoms with Crippen LogP contribution < -0.4 is 0 Å². The maximum Gasteiger partial charge on any atom is 0.143 e. The van der Waals surface area contributed by atoms with Gasteiger partial charge in [-0.25, -0.2) is 0 Å². The molecule has 2 aliphatic rings. The summed E-state index contributed by atoms with van der Waals surface area (Å²) in [5.41, 5.74) is -1.04. The van der Waals surface area contributed by atoms with E-state index in [1.54, 1.807) is 6.92 Å². The van der Waals surface area contributed by atoms with E-state index in [-0.39, 0.29) is 22.7 Å². The van der Waals surface area contributed by atoms with E-state index in [0.29, 0.717) is 0 Å². The summed E-state index contributed by atoms with van der Waals surface area (Å²) >= 11 is 0. The minimum absolute atomic E-state index is 0.0982. The lowest BCUT2D eigenvalue weighted by Crippen LogP contribution is -2.69. The average molecular weight is 336 g/mol. The Bertz CT molecular complexity index is 546. The molecular formula is C20H32O4. The number of carbonyl (C=O) groups excluding carboxylic acids is 1. The predicted octanol–water partition coefficient (Wildman–Crippen LogP) is 2.62. The Morgan fingerprint density at radius 2 is 1.75 bits per heavy atom. The molecule has 0 aliphatic heterocycles. The van der Waals surface area contributed by atoms with Crippen LogP contribution in [0.25, 0.3) is 0 Å². The van der Waals surface area contributed by atoms with E-state index in [9.17, 15) is 20.1 Å². The molecule has 0 aromatic carbocycles. The molecule has 0 heterocycles. The van der Waals surface area contributed by atoms with Crippen molar-refractivity contribution < 1.29 is 20.1 Å². The van der Waals surface area contributed by atoms with Gasteiger partial charge in [0.2, 0.25) is 0 Å². The molecule has 24 heavy (non-hydrogen) atoms. The lowest BCUT2D eigenvalue weighted by atomic mass is 9.44. The summed E-state index contributed by atoms with van der Waals surface area (Å²) in [7, 11) is 0. The van der Waals surface area contributed by atoms with Crippen LogP contribution in [-0.4, -0.2) is 39.4 Å². The average Bonchev–Trinajstić information content (AvgIpc) is 2.44. The number of rotatable bonds is 3. The van der Waals surface area contributed by atoms with Crippen molar-refractivity contribution in [3.63, 3.8) is 0 Å². The van der Waals surface area contributed by atoms with Crippen molar-refractivity contribution in [3.8, 4) is 0 Å². The van der Waals surface area contributed by atoms with E-state index in [2.05, 4.69) is 20.8 Å². The summed E-state index contributed by atoms with van der Waals surface area (Å²) < 4.78 is 0. The van der Waals surface area contributed by atoms with E-state index in [1.165, 1.54) is 6.08 Å². The highest BCUT2D eigenvalue weighted by atomic mass is 16.4. The van der Waals surface area contributed by atoms with Crippen molar-refractivity contribution in [2.45, 2.75) is 71.7 Å². The SMILES string of the molecule is CC(C=CC1C(C)(O)C(O)C(O)C2C(C)(C)CCCC21C)=CC=O. The number of hydrogen-bond donors (Lipinski definition) is 3. The van der Waals surface area contributed by atoms with Crippen LogP contribution in [0.2, 0.25) is 0 Å². The lowest BCUT2D eigenvalue weighted by molar-refractivity contribution is -0.255. The fourth-order valence-electron chi connectivity index (χ4n) is 5.53. The van der Waals surface area contributed by atoms with Gasteiger partial charge < -0.3 is 15.3 Å². The van der Waals surface area contributed by atoms with Crippen LogP contribution in [-0.2, 0) is 4.79 Å². The first-order chi connectivity index (χ1) is 11.0. The zero-order chi connectivity index (χ0) is 18.3. The van der Waals surface area contributed by atoms with Gasteiger partial charge in [0.15, 0.2) is 0 Å². The standard InChI is InChI=1S/C20H32O4/c1-13(9-12-21)7-8-14-19(4)11-6-10-18(2,3)16(19)15(22)17(23)20(14,5)24/h7-9,12,14-17,22-24H,6,10-11H2,1-5H3. The van der Waals surface area contributed by atoms with Crippen molar-refractivity contribution in [2.75, 3.05) is 0 Å². The molecule has 0 spiro atoms. The minimum atomic E-state index is -1.42. The van der Waals surface area contributed by atoms with Crippen molar-refractivity contribution in [1.82, 2.24) is 0 Å². The molecule has 4 nitrogen and oxygen atoms in total. The van der Waals surface area contributed by atoms with Crippen LogP contribution in [0.3, 0.4) is 0 Å². The topological polar surface area (TPSA) is 77.8 Å². The van der Waals surface area contributed by atoms with Gasteiger partial charge in [0.1, 0.15) is 12.4 Å². The molecule has 0 radical (unpaired) electrons. The Morgan fingerprint density at radius 3 is 2.33 bits per heavy atom. The number of fused-ring (bicyclic) bond motifs is 1. The zero-order valence-electron chi connectivity index (χ0n) is 15.5. The van der Waals surface area contributed by atoms with Gasteiger partial charge in [-0.3, -0.25) is 4.79 Å². The summed E-state index contributed by atoms with van der Waals surface area (Å²) in [6.45, 7) is 9.85. The monoisotopic (exact) mass is 336 g/mol. The van der Waals surface area contributed by atoms with E-state index in [0.717, 1.165) is 31.1 Å². The van der Waals surface area contributed by atoms with Crippen molar-refractivity contribution in [2.24, 2.45) is 22.7 Å². The molecule has 136 valence electrons. The maximum atomic E-state index is 11.0. The van der Waals surface area contributed by atoms with Crippen LogP contribution in [0.5, 0.6) is 0 Å². The maximum absolute atomic E-state index is 11.0. The number of hydrogen-bond acceptors (Lipinski definition) is 4. The Hall–Kier alpha value is -0.970. The van der Waals surface area contributed by atoms with Gasteiger partial charge in [0.05, 0.1) is 11.7 Å². The van der Waals surface area contributed by atoms with E-state index in [4.69, 9.17) is 0 Å². The lowest BCUT2D eigenvalue weighted by Gasteiger charge is -2.63. The van der Waals surface area contributed by atoms with Crippen LogP contribution in [0, 0.1) is 22.7 Å². The van der Waals surface area contributed by atoms with Crippen molar-refractivity contribution >= 4 is 6.29 Å². The quantitative estimate of drug-likeness (QED) is 0.421. The van der Waals surface area contributed by atoms with Crippen LogP contribution in [0.15, 0.2) is 23.8 Å². The molecule has 4 heteroatoms. The van der Waals surface area contributed by atoms with Gasteiger partial charge >= 0.3 is 0 Å². The second-order valence-electron chi connectivity index (χ2n) is 8.87. The number of aliphatic hydroxyl groups excluding tert-OH is 2. The molecule has 0 bridgehead atoms. The predicted molar refractivity (Wildman–Crippen MR) is 94.3 cm³/mol. The van der Waals surface area contributed by atoms with Gasteiger partial charge in [-0.1, -0.05) is 39.3 Å². The highest BCUT2D eigenvalue weighted by Crippen LogP contribution is 2.62. The molecule has 3 N–H and O–H groups in total. The van der Waals surface area contributed by atoms with Gasteiger partial charge in [-0.15, -0.1) is 0 Å². The van der Waals surface area contributed by atoms with Crippen LogP contribution in [0.4, 0.5) is 0 Å². The number of allylic oxidation sites excluding steroid dienone is 3. The molecule has 0 aromatic heterocycles. The summed E-state index contributed by atoms with van der Waals surface area (Å²) in [5, 5.41) is 32.5. The fourth-order valence-corrected chi connectivity index (χ4v) is 5.53. The summed E-state index contributed by atoms with van der Waals surface area (Å²) in [4.78, 5) is 10.6. The molecule has 0 saturated heterocycles. The van der Waals surface area contributed by atoms with E-state index < -0.39 is 17.8 Å². The Morgan fingerprint density at radius 1 is 1.12 bits per heavy atom. The minimum Gasteiger partial charge on any atom is -0.390 e. The zero-order valence-corrected chi connectivity index (χ0v) is 15.5. The third-order valence-corrected chi connectivity index (χ3v) is 6.58. The number of carbonyl (C=O) groups is 1. The Labute approximate surface area is 145 Å². The smallest absolute Gasteiger partial charge is 0.143 e. The third kappa shape index (κ3) is 3.00. The molecule has 2 aliphatic carbocycles. The summed E-state index contributed by atoms with van der Waals surface area (Å²) in [6.07, 6.45) is 6.75. The molecule has 6 atom stereocenters. The van der Waals surface area contributed by atoms with Gasteiger partial charge in [-0.2, -0.15) is 0 Å². The van der Waals surface area contributed by atoms with Gasteiger partial charge in [-0.05, 0) is 55.1 Å². The van der Waals surface area contributed by atoms with Crippen LogP contribution in [0.1, 0.15) is 53.9 Å². The first-order valence-electron chi connectivity index (χ1n) is 8.87. The molecule has 0 aromatic rings. The largest absolute Gasteiger partial charge is 0.390 e. The van der Waals surface area contributed by atoms with Crippen LogP contribution >= 0.6 is 0 Å². The Balaban J connectivity index is 2.52. The van der Waals surface area contributed by atoms with Crippen molar-refractivity contribution in [1.29, 1.82) is 0 Å². The van der Waals surface area contributed by atoms with E-state index >= 15 is 0 Å². The van der Waals surface area contributed by atoms with Crippen molar-refractivity contribution in [3.05, 3.63) is 23.8 Å². The highest BCUT2D eigenvalue weighted by molar-refractivity contribution is 5.66. The third-order valence-electron chi connectivity index (χ3n) is 6.58. The second-order valence-corrected chi connectivity index (χ2v) is 8.87. The summed E-state index contributed by atoms with van der Waals surface area (Å²) in [5.74, 6) is -0.401. The fraction of sp³-hybridized carbons (Fsp3) is 0.750. The molecule has 2 saturated carbocycles.